The first-order valence-corrected chi connectivity index (χ1v) is 17.0. The van der Waals surface area contributed by atoms with Crippen molar-refractivity contribution in [1.82, 2.24) is 0 Å². The molecular weight excluding hydrogens is 678 g/mol. The van der Waals surface area contributed by atoms with E-state index in [9.17, 15) is 19.2 Å². The molecule has 0 fully saturated rings. The molecule has 0 bridgehead atoms. The smallest absolute Gasteiger partial charge is 0.343 e. The summed E-state index contributed by atoms with van der Waals surface area (Å²) in [6.07, 6.45) is 6.68. The number of hydrogen-bond acceptors (Lipinski definition) is 11. The molecule has 4 rings (SSSR count). The van der Waals surface area contributed by atoms with E-state index in [0.717, 1.165) is 23.3 Å². The second-order valence-electron chi connectivity index (χ2n) is 11.5. The third-order valence-electron chi connectivity index (χ3n) is 7.43. The summed E-state index contributed by atoms with van der Waals surface area (Å²) in [4.78, 5) is 52.0. The molecule has 0 aliphatic rings. The van der Waals surface area contributed by atoms with Gasteiger partial charge in [-0.1, -0.05) is 13.2 Å². The van der Waals surface area contributed by atoms with Gasteiger partial charge in [0, 0.05) is 18.4 Å². The zero-order chi connectivity index (χ0) is 37.8. The van der Waals surface area contributed by atoms with Crippen LogP contribution in [-0.4, -0.2) is 56.5 Å². The van der Waals surface area contributed by atoms with Crippen LogP contribution in [0.3, 0.4) is 0 Å². The largest absolute Gasteiger partial charge is 0.494 e. The quantitative estimate of drug-likeness (QED) is 0.0291. The molecule has 0 aliphatic heterocycles. The van der Waals surface area contributed by atoms with E-state index in [4.69, 9.17) is 28.4 Å². The minimum absolute atomic E-state index is 0.305. The molecule has 11 heteroatoms. The fourth-order valence-electron chi connectivity index (χ4n) is 4.57. The zero-order valence-electron chi connectivity index (χ0n) is 29.5. The number of aryl methyl sites for hydroxylation is 1. The van der Waals surface area contributed by atoms with Gasteiger partial charge in [0.05, 0.1) is 43.2 Å². The topological polar surface area (TPSA) is 136 Å². The first-order chi connectivity index (χ1) is 25.7. The molecule has 11 nitrogen and oxygen atoms in total. The zero-order valence-corrected chi connectivity index (χ0v) is 29.5. The van der Waals surface area contributed by atoms with Gasteiger partial charge in [0.25, 0.3) is 0 Å². The average molecular weight is 720 g/mol. The van der Waals surface area contributed by atoms with Crippen molar-refractivity contribution < 1.29 is 47.6 Å². The number of carbonyl (C=O) groups excluding carboxylic acids is 4. The van der Waals surface area contributed by atoms with Crippen LogP contribution in [0, 0.1) is 6.92 Å². The summed E-state index contributed by atoms with van der Waals surface area (Å²) in [6.45, 7) is 10.0. The normalized spacial score (nSPS) is 10.6. The Bertz CT molecular complexity index is 1880. The molecule has 0 saturated carbocycles. The molecule has 4 aromatic rings. The lowest BCUT2D eigenvalue weighted by Crippen LogP contribution is -2.09. The van der Waals surface area contributed by atoms with Crippen molar-refractivity contribution in [1.29, 1.82) is 0 Å². The number of aliphatic imine (C=N–C) groups is 1. The molecule has 0 N–H and O–H groups in total. The molecule has 0 saturated heterocycles. The predicted octanol–water partition coefficient (Wildman–Crippen LogP) is 7.96. The third kappa shape index (κ3) is 13.6. The molecule has 53 heavy (non-hydrogen) atoms. The van der Waals surface area contributed by atoms with E-state index in [-0.39, 0.29) is 0 Å². The lowest BCUT2D eigenvalue weighted by Gasteiger charge is -2.09. The molecule has 0 aliphatic carbocycles. The Kier molecular flexibility index (Phi) is 15.6. The van der Waals surface area contributed by atoms with Gasteiger partial charge in [0.1, 0.15) is 23.0 Å². The van der Waals surface area contributed by atoms with E-state index < -0.39 is 23.9 Å². The maximum absolute atomic E-state index is 12.8. The van der Waals surface area contributed by atoms with Gasteiger partial charge in [0.2, 0.25) is 0 Å². The van der Waals surface area contributed by atoms with Gasteiger partial charge >= 0.3 is 23.9 Å². The lowest BCUT2D eigenvalue weighted by molar-refractivity contribution is -0.138. The minimum Gasteiger partial charge on any atom is -0.494 e. The summed E-state index contributed by atoms with van der Waals surface area (Å²) in [5, 5.41) is 0. The van der Waals surface area contributed by atoms with E-state index in [1.54, 1.807) is 91.1 Å². The number of carbonyl (C=O) groups is 4. The molecule has 0 unspecified atom stereocenters. The van der Waals surface area contributed by atoms with Gasteiger partial charge in [0.15, 0.2) is 0 Å². The van der Waals surface area contributed by atoms with Crippen LogP contribution in [-0.2, 0) is 19.1 Å². The Balaban J connectivity index is 1.19. The van der Waals surface area contributed by atoms with Crippen LogP contribution in [0.15, 0.2) is 121 Å². The van der Waals surface area contributed by atoms with Crippen LogP contribution in [0.1, 0.15) is 57.5 Å². The summed E-state index contributed by atoms with van der Waals surface area (Å²) >= 11 is 0. The van der Waals surface area contributed by atoms with Crippen LogP contribution in [0.25, 0.3) is 0 Å². The molecule has 0 aromatic heterocycles. The third-order valence-corrected chi connectivity index (χ3v) is 7.43. The van der Waals surface area contributed by atoms with Gasteiger partial charge in [-0.05, 0) is 135 Å². The highest BCUT2D eigenvalue weighted by Crippen LogP contribution is 2.23. The van der Waals surface area contributed by atoms with Crippen LogP contribution in [0.4, 0.5) is 5.69 Å². The Morgan fingerprint density at radius 1 is 0.585 bits per heavy atom. The second-order valence-corrected chi connectivity index (χ2v) is 11.5. The fourth-order valence-corrected chi connectivity index (χ4v) is 4.57. The Labute approximate surface area is 308 Å². The van der Waals surface area contributed by atoms with E-state index in [1.165, 1.54) is 0 Å². The molecule has 4 aromatic carbocycles. The first kappa shape index (κ1) is 39.3. The highest BCUT2D eigenvalue weighted by atomic mass is 16.5. The maximum Gasteiger partial charge on any atom is 0.343 e. The molecule has 0 atom stereocenters. The van der Waals surface area contributed by atoms with Crippen LogP contribution in [0.2, 0.25) is 0 Å². The van der Waals surface area contributed by atoms with Crippen molar-refractivity contribution in [2.75, 3.05) is 26.4 Å². The van der Waals surface area contributed by atoms with Crippen LogP contribution < -0.4 is 18.9 Å². The highest BCUT2D eigenvalue weighted by molar-refractivity contribution is 5.92. The number of benzene rings is 4. The first-order valence-electron chi connectivity index (χ1n) is 17.0. The number of nitrogens with zero attached hydrogens (tertiary/aromatic N) is 1. The maximum atomic E-state index is 12.8. The van der Waals surface area contributed by atoms with Crippen molar-refractivity contribution in [2.24, 2.45) is 4.99 Å². The van der Waals surface area contributed by atoms with E-state index >= 15 is 0 Å². The van der Waals surface area contributed by atoms with Gasteiger partial charge in [-0.2, -0.15) is 0 Å². The number of rotatable bonds is 20. The summed E-state index contributed by atoms with van der Waals surface area (Å²) < 4.78 is 32.3. The summed E-state index contributed by atoms with van der Waals surface area (Å²) in [6, 6.07) is 25.5. The van der Waals surface area contributed by atoms with Crippen molar-refractivity contribution in [3.63, 3.8) is 0 Å². The molecule has 0 spiro atoms. The number of hydrogen-bond donors (Lipinski definition) is 0. The molecule has 274 valence electrons. The second kappa shape index (κ2) is 21.0. The van der Waals surface area contributed by atoms with Crippen molar-refractivity contribution in [3.05, 3.63) is 139 Å². The molecule has 0 amide bonds. The average Bonchev–Trinajstić information content (AvgIpc) is 3.18. The Morgan fingerprint density at radius 3 is 1.55 bits per heavy atom. The number of esters is 4. The molecular formula is C42H41NO10. The van der Waals surface area contributed by atoms with E-state index in [1.807, 2.05) is 13.0 Å². The Hall–Kier alpha value is -6.49. The minimum atomic E-state index is -0.506. The van der Waals surface area contributed by atoms with Crippen LogP contribution >= 0.6 is 0 Å². The number of ether oxygens (including phenoxy) is 6. The van der Waals surface area contributed by atoms with Gasteiger partial charge < -0.3 is 28.4 Å². The summed E-state index contributed by atoms with van der Waals surface area (Å²) in [7, 11) is 0. The SMILES string of the molecule is C=CC(=O)OCCCCOc1ccc(C(=O)Oc2ccc(N=Cc3ccc(OC(=O)c4ccc(OCCCCOC(=O)C=C)cc4)c(C)c3)cc2)cc1. The van der Waals surface area contributed by atoms with Crippen molar-refractivity contribution >= 4 is 35.8 Å². The summed E-state index contributed by atoms with van der Waals surface area (Å²) in [5.74, 6) is 0.138. The Morgan fingerprint density at radius 2 is 1.06 bits per heavy atom. The summed E-state index contributed by atoms with van der Waals surface area (Å²) in [5.41, 5.74) is 2.97. The van der Waals surface area contributed by atoms with Crippen molar-refractivity contribution in [2.45, 2.75) is 32.6 Å². The van der Waals surface area contributed by atoms with Crippen molar-refractivity contribution in [3.8, 4) is 23.0 Å². The predicted molar refractivity (Wildman–Crippen MR) is 199 cm³/mol. The monoisotopic (exact) mass is 719 g/mol. The van der Waals surface area contributed by atoms with E-state index in [0.29, 0.717) is 91.9 Å². The number of unbranched alkanes of at least 4 members (excludes halogenated alkanes) is 2. The van der Waals surface area contributed by atoms with Gasteiger partial charge in [-0.15, -0.1) is 0 Å². The molecule has 0 radical (unpaired) electrons. The van der Waals surface area contributed by atoms with E-state index in [2.05, 4.69) is 18.2 Å². The highest BCUT2D eigenvalue weighted by Gasteiger charge is 2.12. The van der Waals surface area contributed by atoms with Gasteiger partial charge in [-0.25, -0.2) is 19.2 Å². The van der Waals surface area contributed by atoms with Gasteiger partial charge in [-0.3, -0.25) is 4.99 Å². The fraction of sp³-hybridized carbons (Fsp3) is 0.214. The van der Waals surface area contributed by atoms with Crippen LogP contribution in [0.5, 0.6) is 23.0 Å². The standard InChI is InChI=1S/C42H41NO10/c1-4-39(44)50-26-8-6-24-48-35-17-11-32(12-18-35)41(46)52-37-21-15-34(16-22-37)43-29-31-10-23-38(30(3)28-31)53-42(47)33-13-19-36(20-14-33)49-25-7-9-27-51-40(45)5-2/h4-5,10-23,28-29H,1-2,6-9,24-27H2,3H3. The lowest BCUT2D eigenvalue weighted by atomic mass is 10.1. The molecule has 0 heterocycles.